The normalized spacial score (nSPS) is 13.5. The first-order valence-corrected chi connectivity index (χ1v) is 5.14. The van der Waals surface area contributed by atoms with E-state index in [1.807, 2.05) is 25.1 Å². The number of carbonyl (C=O) groups is 1. The van der Waals surface area contributed by atoms with E-state index < -0.39 is 5.97 Å². The van der Waals surface area contributed by atoms with Crippen molar-refractivity contribution in [2.75, 3.05) is 13.7 Å². The fourth-order valence-corrected chi connectivity index (χ4v) is 1.50. The van der Waals surface area contributed by atoms with Crippen molar-refractivity contribution < 1.29 is 14.6 Å². The molecule has 1 aromatic carbocycles. The molecule has 3 nitrogen and oxygen atoms in total. The first-order valence-electron chi connectivity index (χ1n) is 5.14. The minimum absolute atomic E-state index is 0.0799. The summed E-state index contributed by atoms with van der Waals surface area (Å²) in [6, 6.07) is 9.10. The van der Waals surface area contributed by atoms with E-state index >= 15 is 0 Å². The lowest BCUT2D eigenvalue weighted by molar-refractivity contribution is -0.130. The molecule has 1 N–H and O–H groups in total. The van der Waals surface area contributed by atoms with Crippen LogP contribution in [0.2, 0.25) is 0 Å². The first kappa shape index (κ1) is 12.5. The van der Waals surface area contributed by atoms with Crippen LogP contribution in [0.4, 0.5) is 0 Å². The molecular formula is C13H16O3. The van der Waals surface area contributed by atoms with Gasteiger partial charge in [-0.15, -0.1) is 0 Å². The highest BCUT2D eigenvalue weighted by Crippen LogP contribution is 2.17. The number of carboxylic acids is 1. The van der Waals surface area contributed by atoms with Crippen LogP contribution < -0.4 is 0 Å². The van der Waals surface area contributed by atoms with Gasteiger partial charge >= 0.3 is 5.97 Å². The average molecular weight is 220 g/mol. The van der Waals surface area contributed by atoms with Gasteiger partial charge in [0.15, 0.2) is 0 Å². The highest BCUT2D eigenvalue weighted by molar-refractivity contribution is 6.15. The molecule has 0 saturated heterocycles. The molecule has 0 aliphatic heterocycles. The Morgan fingerprint density at radius 3 is 2.56 bits per heavy atom. The Labute approximate surface area is 95.4 Å². The summed E-state index contributed by atoms with van der Waals surface area (Å²) in [5.74, 6) is -0.828. The quantitative estimate of drug-likeness (QED) is 0.775. The lowest BCUT2D eigenvalue weighted by Gasteiger charge is -2.07. The monoisotopic (exact) mass is 220 g/mol. The third-order valence-electron chi connectivity index (χ3n) is 2.20. The van der Waals surface area contributed by atoms with E-state index in [2.05, 4.69) is 0 Å². The Kier molecular flexibility index (Phi) is 4.73. The number of benzene rings is 1. The number of carboxylic acid groups (broad SMARTS) is 1. The number of ether oxygens (including phenoxy) is 1. The highest BCUT2D eigenvalue weighted by atomic mass is 16.5. The van der Waals surface area contributed by atoms with Gasteiger partial charge in [0.25, 0.3) is 0 Å². The SMILES string of the molecule is COCC(C)/C=C(/C(=O)O)c1ccccc1. The smallest absolute Gasteiger partial charge is 0.335 e. The predicted molar refractivity (Wildman–Crippen MR) is 63.1 cm³/mol. The first-order chi connectivity index (χ1) is 7.65. The number of hydrogen-bond donors (Lipinski definition) is 1. The molecule has 0 amide bonds. The summed E-state index contributed by atoms with van der Waals surface area (Å²) in [5, 5.41) is 9.13. The number of hydrogen-bond acceptors (Lipinski definition) is 2. The minimum atomic E-state index is -0.908. The maximum atomic E-state index is 11.1. The lowest BCUT2D eigenvalue weighted by atomic mass is 10.0. The fourth-order valence-electron chi connectivity index (χ4n) is 1.50. The Hall–Kier alpha value is -1.61. The van der Waals surface area contributed by atoms with E-state index in [-0.39, 0.29) is 5.92 Å². The van der Waals surface area contributed by atoms with Crippen LogP contribution in [-0.4, -0.2) is 24.8 Å². The van der Waals surface area contributed by atoms with E-state index in [0.29, 0.717) is 12.2 Å². The topological polar surface area (TPSA) is 46.5 Å². The van der Waals surface area contributed by atoms with Crippen LogP contribution in [0.15, 0.2) is 36.4 Å². The van der Waals surface area contributed by atoms with Crippen LogP contribution in [0, 0.1) is 5.92 Å². The van der Waals surface area contributed by atoms with Gasteiger partial charge in [-0.25, -0.2) is 4.79 Å². The second kappa shape index (κ2) is 6.08. The van der Waals surface area contributed by atoms with Crippen molar-refractivity contribution in [3.63, 3.8) is 0 Å². The van der Waals surface area contributed by atoms with Gasteiger partial charge in [-0.3, -0.25) is 0 Å². The van der Waals surface area contributed by atoms with Crippen molar-refractivity contribution >= 4 is 11.5 Å². The molecular weight excluding hydrogens is 204 g/mol. The molecule has 1 aromatic rings. The van der Waals surface area contributed by atoms with Gasteiger partial charge in [0.05, 0.1) is 12.2 Å². The Morgan fingerprint density at radius 1 is 1.44 bits per heavy atom. The standard InChI is InChI=1S/C13H16O3/c1-10(9-16-2)8-12(13(14)15)11-6-4-3-5-7-11/h3-8,10H,9H2,1-2H3,(H,14,15)/b12-8+. The van der Waals surface area contributed by atoms with E-state index in [9.17, 15) is 4.79 Å². The van der Waals surface area contributed by atoms with Gasteiger partial charge in [0.2, 0.25) is 0 Å². The summed E-state index contributed by atoms with van der Waals surface area (Å²) < 4.78 is 4.98. The zero-order valence-electron chi connectivity index (χ0n) is 9.51. The molecule has 0 saturated carbocycles. The number of methoxy groups -OCH3 is 1. The van der Waals surface area contributed by atoms with Gasteiger partial charge in [-0.2, -0.15) is 0 Å². The molecule has 0 spiro atoms. The molecule has 0 fully saturated rings. The average Bonchev–Trinajstić information content (AvgIpc) is 2.27. The maximum Gasteiger partial charge on any atom is 0.335 e. The van der Waals surface area contributed by atoms with Crippen LogP contribution in [0.25, 0.3) is 5.57 Å². The van der Waals surface area contributed by atoms with E-state index in [0.717, 1.165) is 5.56 Å². The summed E-state index contributed by atoms with van der Waals surface area (Å²) >= 11 is 0. The van der Waals surface area contributed by atoms with Crippen molar-refractivity contribution in [1.29, 1.82) is 0 Å². The van der Waals surface area contributed by atoms with E-state index in [1.165, 1.54) is 0 Å². The van der Waals surface area contributed by atoms with Gasteiger partial charge in [-0.1, -0.05) is 43.3 Å². The second-order valence-electron chi connectivity index (χ2n) is 3.68. The largest absolute Gasteiger partial charge is 0.478 e. The van der Waals surface area contributed by atoms with Gasteiger partial charge in [-0.05, 0) is 11.5 Å². The highest BCUT2D eigenvalue weighted by Gasteiger charge is 2.11. The second-order valence-corrected chi connectivity index (χ2v) is 3.68. The summed E-state index contributed by atoms with van der Waals surface area (Å²) in [6.45, 7) is 2.44. The summed E-state index contributed by atoms with van der Waals surface area (Å²) in [7, 11) is 1.60. The van der Waals surface area contributed by atoms with Crippen molar-refractivity contribution in [2.45, 2.75) is 6.92 Å². The molecule has 86 valence electrons. The molecule has 0 aromatic heterocycles. The van der Waals surface area contributed by atoms with Gasteiger partial charge in [0.1, 0.15) is 0 Å². The summed E-state index contributed by atoms with van der Waals surface area (Å²) in [5.41, 5.74) is 1.04. The number of aliphatic carboxylic acids is 1. The molecule has 1 rings (SSSR count). The zero-order chi connectivity index (χ0) is 12.0. The summed E-state index contributed by atoms with van der Waals surface area (Å²) in [6.07, 6.45) is 1.72. The minimum Gasteiger partial charge on any atom is -0.478 e. The molecule has 0 aliphatic rings. The van der Waals surface area contributed by atoms with Gasteiger partial charge < -0.3 is 9.84 Å². The lowest BCUT2D eigenvalue weighted by Crippen LogP contribution is -2.06. The van der Waals surface area contributed by atoms with Crippen LogP contribution in [0.1, 0.15) is 12.5 Å². The molecule has 0 bridgehead atoms. The molecule has 1 unspecified atom stereocenters. The summed E-state index contributed by atoms with van der Waals surface area (Å²) in [4.78, 5) is 11.1. The van der Waals surface area contributed by atoms with Crippen LogP contribution in [-0.2, 0) is 9.53 Å². The van der Waals surface area contributed by atoms with Crippen molar-refractivity contribution in [2.24, 2.45) is 5.92 Å². The third-order valence-corrected chi connectivity index (χ3v) is 2.20. The predicted octanol–water partition coefficient (Wildman–Crippen LogP) is 2.44. The molecule has 3 heteroatoms. The van der Waals surface area contributed by atoms with Crippen LogP contribution in [0.5, 0.6) is 0 Å². The van der Waals surface area contributed by atoms with E-state index in [4.69, 9.17) is 9.84 Å². The maximum absolute atomic E-state index is 11.1. The van der Waals surface area contributed by atoms with Crippen molar-refractivity contribution in [3.05, 3.63) is 42.0 Å². The van der Waals surface area contributed by atoms with Crippen molar-refractivity contribution in [3.8, 4) is 0 Å². The van der Waals surface area contributed by atoms with Crippen LogP contribution in [0.3, 0.4) is 0 Å². The number of rotatable bonds is 5. The Bertz CT molecular complexity index is 368. The fraction of sp³-hybridized carbons (Fsp3) is 0.308. The molecule has 0 radical (unpaired) electrons. The zero-order valence-corrected chi connectivity index (χ0v) is 9.51. The third kappa shape index (κ3) is 3.51. The Morgan fingerprint density at radius 2 is 2.06 bits per heavy atom. The van der Waals surface area contributed by atoms with Crippen molar-refractivity contribution in [1.82, 2.24) is 0 Å². The Balaban J connectivity index is 2.96. The molecule has 16 heavy (non-hydrogen) atoms. The molecule has 0 heterocycles. The van der Waals surface area contributed by atoms with Gasteiger partial charge in [0, 0.05) is 7.11 Å². The van der Waals surface area contributed by atoms with Crippen LogP contribution >= 0.6 is 0 Å². The molecule has 1 atom stereocenters. The van der Waals surface area contributed by atoms with E-state index in [1.54, 1.807) is 25.3 Å². The molecule has 0 aliphatic carbocycles.